The summed E-state index contributed by atoms with van der Waals surface area (Å²) in [4.78, 5) is 9.29. The van der Waals surface area contributed by atoms with Gasteiger partial charge in [-0.1, -0.05) is 0 Å². The zero-order chi connectivity index (χ0) is 7.86. The Balaban J connectivity index is 0. The van der Waals surface area contributed by atoms with Gasteiger partial charge >= 0.3 is 5.97 Å². The van der Waals surface area contributed by atoms with E-state index in [0.29, 0.717) is 0 Å². The van der Waals surface area contributed by atoms with Crippen LogP contribution in [-0.4, -0.2) is 27.4 Å². The molecule has 0 bridgehead atoms. The van der Waals surface area contributed by atoms with Crippen molar-refractivity contribution < 1.29 is 15.0 Å². The molecule has 0 aromatic carbocycles. The summed E-state index contributed by atoms with van der Waals surface area (Å²) in [6.07, 6.45) is 0. The molecule has 0 amide bonds. The number of rotatable bonds is 1. The predicted molar refractivity (Wildman–Crippen MR) is 42.2 cm³/mol. The number of carboxylic acids is 1. The molecule has 5 heteroatoms. The number of thiol groups is 2. The molecule has 0 aliphatic rings. The number of aliphatic hydroxyl groups excluding tert-OH is 1. The molecule has 0 heterocycles. The fourth-order valence-corrected chi connectivity index (χ4v) is 0. The van der Waals surface area contributed by atoms with E-state index in [1.54, 1.807) is 6.92 Å². The third-order valence-electron chi connectivity index (χ3n) is 0.135. The van der Waals surface area contributed by atoms with Gasteiger partial charge in [-0.05, 0) is 6.92 Å². The Hall–Kier alpha value is 0.130. The molecule has 0 aromatic heterocycles. The summed E-state index contributed by atoms with van der Waals surface area (Å²) < 4.78 is 0. The quantitative estimate of drug-likeness (QED) is 0.337. The highest BCUT2D eigenvalue weighted by molar-refractivity contribution is 7.81. The van der Waals surface area contributed by atoms with Crippen LogP contribution >= 0.6 is 25.3 Å². The van der Waals surface area contributed by atoms with Gasteiger partial charge in [0, 0.05) is 0 Å². The van der Waals surface area contributed by atoms with Gasteiger partial charge in [-0.3, -0.25) is 4.79 Å². The molecule has 2 N–H and O–H groups in total. The van der Waals surface area contributed by atoms with Crippen LogP contribution in [0.15, 0.2) is 0 Å². The van der Waals surface area contributed by atoms with E-state index in [0.717, 1.165) is 0 Å². The summed E-state index contributed by atoms with van der Waals surface area (Å²) in [5, 5.41) is 15.6. The molecule has 0 saturated heterocycles. The van der Waals surface area contributed by atoms with E-state index in [1.165, 1.54) is 0 Å². The van der Waals surface area contributed by atoms with E-state index >= 15 is 0 Å². The van der Waals surface area contributed by atoms with Crippen molar-refractivity contribution in [3.63, 3.8) is 0 Å². The van der Waals surface area contributed by atoms with E-state index in [-0.39, 0.29) is 5.75 Å². The van der Waals surface area contributed by atoms with Gasteiger partial charge in [-0.15, -0.1) is 12.6 Å². The van der Waals surface area contributed by atoms with Gasteiger partial charge in [0.05, 0.1) is 11.2 Å². The van der Waals surface area contributed by atoms with Gasteiger partial charge in [0.1, 0.15) is 0 Å². The molecular formula is C4H10O3S2. The second-order valence-electron chi connectivity index (χ2n) is 1.18. The molecule has 0 aliphatic carbocycles. The lowest BCUT2D eigenvalue weighted by molar-refractivity contribution is -0.133. The van der Waals surface area contributed by atoms with Gasteiger partial charge in [-0.25, -0.2) is 0 Å². The fraction of sp³-hybridized carbons (Fsp3) is 0.750. The molecule has 0 rings (SSSR count). The lowest BCUT2D eigenvalue weighted by Crippen LogP contribution is -1.92. The third kappa shape index (κ3) is 67.3. The maximum atomic E-state index is 9.29. The van der Waals surface area contributed by atoms with Crippen molar-refractivity contribution in [1.82, 2.24) is 0 Å². The second-order valence-corrected chi connectivity index (χ2v) is 2.25. The van der Waals surface area contributed by atoms with Crippen molar-refractivity contribution >= 4 is 31.2 Å². The molecule has 0 saturated carbocycles. The Labute approximate surface area is 64.9 Å². The van der Waals surface area contributed by atoms with Gasteiger partial charge in [0.2, 0.25) is 0 Å². The summed E-state index contributed by atoms with van der Waals surface area (Å²) in [7, 11) is 0. The van der Waals surface area contributed by atoms with Crippen LogP contribution in [0.4, 0.5) is 0 Å². The van der Waals surface area contributed by atoms with Crippen LogP contribution < -0.4 is 0 Å². The first-order chi connectivity index (χ1) is 4.00. The smallest absolute Gasteiger partial charge is 0.313 e. The number of aliphatic hydroxyl groups is 1. The zero-order valence-corrected chi connectivity index (χ0v) is 6.77. The summed E-state index contributed by atoms with van der Waals surface area (Å²) in [6.45, 7) is 1.59. The van der Waals surface area contributed by atoms with Crippen LogP contribution in [0.3, 0.4) is 0 Å². The molecule has 0 spiro atoms. The number of carbonyl (C=O) groups is 1. The predicted octanol–water partition coefficient (Wildman–Crippen LogP) is 0.255. The largest absolute Gasteiger partial charge is 0.481 e. The Morgan fingerprint density at radius 3 is 1.89 bits per heavy atom. The van der Waals surface area contributed by atoms with Crippen LogP contribution in [-0.2, 0) is 4.79 Å². The monoisotopic (exact) mass is 170 g/mol. The van der Waals surface area contributed by atoms with Crippen LogP contribution in [0.5, 0.6) is 0 Å². The first-order valence-electron chi connectivity index (χ1n) is 2.19. The van der Waals surface area contributed by atoms with E-state index in [2.05, 4.69) is 25.3 Å². The molecule has 56 valence electrons. The minimum Gasteiger partial charge on any atom is -0.481 e. The molecular weight excluding hydrogens is 160 g/mol. The lowest BCUT2D eigenvalue weighted by Gasteiger charge is -1.79. The molecule has 3 nitrogen and oxygen atoms in total. The molecule has 9 heavy (non-hydrogen) atoms. The zero-order valence-electron chi connectivity index (χ0n) is 4.98. The minimum absolute atomic E-state index is 0.0833. The summed E-state index contributed by atoms with van der Waals surface area (Å²) >= 11 is 6.94. The Bertz CT molecular complexity index is 71.5. The van der Waals surface area contributed by atoms with Gasteiger partial charge in [0.25, 0.3) is 0 Å². The highest BCUT2D eigenvalue weighted by atomic mass is 32.1. The third-order valence-corrected chi connectivity index (χ3v) is 0.406. The fourth-order valence-electron chi connectivity index (χ4n) is 0. The van der Waals surface area contributed by atoms with Crippen LogP contribution in [0.1, 0.15) is 6.92 Å². The molecule has 1 atom stereocenters. The van der Waals surface area contributed by atoms with Gasteiger partial charge in [0.15, 0.2) is 0 Å². The van der Waals surface area contributed by atoms with Gasteiger partial charge in [-0.2, -0.15) is 12.6 Å². The Morgan fingerprint density at radius 1 is 1.78 bits per heavy atom. The minimum atomic E-state index is -0.881. The highest BCUT2D eigenvalue weighted by Crippen LogP contribution is 1.78. The Kier molecular flexibility index (Phi) is 10.7. The van der Waals surface area contributed by atoms with Gasteiger partial charge < -0.3 is 10.2 Å². The van der Waals surface area contributed by atoms with Crippen molar-refractivity contribution in [3.05, 3.63) is 0 Å². The van der Waals surface area contributed by atoms with E-state index in [1.807, 2.05) is 0 Å². The molecule has 1 unspecified atom stereocenters. The lowest BCUT2D eigenvalue weighted by atomic mass is 10.8. The number of hydrogen-bond donors (Lipinski definition) is 4. The van der Waals surface area contributed by atoms with Crippen LogP contribution in [0.2, 0.25) is 0 Å². The van der Waals surface area contributed by atoms with Crippen molar-refractivity contribution in [3.8, 4) is 0 Å². The van der Waals surface area contributed by atoms with Crippen LogP contribution in [0, 0.1) is 0 Å². The molecule has 0 fully saturated rings. The molecule has 0 radical (unpaired) electrons. The summed E-state index contributed by atoms with van der Waals surface area (Å²) in [5.41, 5.74) is -0.472. The standard InChI is InChI=1S/C2H4O2S.C2H6OS/c3-2(4)1-5;1-2(3)4/h5H,1H2,(H,3,4);2-4H,1H3. The summed E-state index contributed by atoms with van der Waals surface area (Å²) in [6, 6.07) is 0. The van der Waals surface area contributed by atoms with E-state index in [9.17, 15) is 4.79 Å². The first-order valence-corrected chi connectivity index (χ1v) is 3.34. The number of carboxylic acid groups (broad SMARTS) is 1. The Morgan fingerprint density at radius 2 is 1.89 bits per heavy atom. The van der Waals surface area contributed by atoms with Crippen LogP contribution in [0.25, 0.3) is 0 Å². The normalized spacial score (nSPS) is 11.1. The highest BCUT2D eigenvalue weighted by Gasteiger charge is 1.81. The topological polar surface area (TPSA) is 57.5 Å². The average molecular weight is 170 g/mol. The van der Waals surface area contributed by atoms with E-state index in [4.69, 9.17) is 10.2 Å². The number of aliphatic carboxylic acids is 1. The van der Waals surface area contributed by atoms with Crippen molar-refractivity contribution in [2.24, 2.45) is 0 Å². The van der Waals surface area contributed by atoms with E-state index < -0.39 is 11.4 Å². The summed E-state index contributed by atoms with van der Waals surface area (Å²) in [5.74, 6) is -0.965. The molecule has 0 aromatic rings. The average Bonchev–Trinajstić information content (AvgIpc) is 1.65. The first kappa shape index (κ1) is 11.9. The van der Waals surface area contributed by atoms with Crippen molar-refractivity contribution in [2.45, 2.75) is 12.4 Å². The SMILES string of the molecule is CC(O)S.O=C(O)CS. The second kappa shape index (κ2) is 8.13. The van der Waals surface area contributed by atoms with Crippen molar-refractivity contribution in [2.75, 3.05) is 5.75 Å². The van der Waals surface area contributed by atoms with Crippen molar-refractivity contribution in [1.29, 1.82) is 0 Å². The maximum Gasteiger partial charge on any atom is 0.313 e. The number of hydrogen-bond acceptors (Lipinski definition) is 4. The maximum absolute atomic E-state index is 9.29. The molecule has 0 aliphatic heterocycles.